The van der Waals surface area contributed by atoms with E-state index in [0.717, 1.165) is 25.2 Å². The number of aryl methyl sites for hydroxylation is 1. The van der Waals surface area contributed by atoms with Crippen LogP contribution >= 0.6 is 11.6 Å². The predicted octanol–water partition coefficient (Wildman–Crippen LogP) is 3.22. The molecule has 1 aromatic heterocycles. The summed E-state index contributed by atoms with van der Waals surface area (Å²) in [6.07, 6.45) is 3.65. The van der Waals surface area contributed by atoms with Crippen molar-refractivity contribution >= 4 is 23.1 Å². The van der Waals surface area contributed by atoms with Gasteiger partial charge >= 0.3 is 0 Å². The number of benzene rings is 1. The molecule has 5 heteroatoms. The van der Waals surface area contributed by atoms with Crippen molar-refractivity contribution in [1.29, 1.82) is 0 Å². The summed E-state index contributed by atoms with van der Waals surface area (Å²) in [5, 5.41) is 0.343. The molecule has 3 rings (SSSR count). The van der Waals surface area contributed by atoms with E-state index in [9.17, 15) is 0 Å². The molecule has 0 aliphatic carbocycles. The third-order valence-electron chi connectivity index (χ3n) is 3.31. The highest BCUT2D eigenvalue weighted by molar-refractivity contribution is 6.31. The number of rotatable bonds is 2. The highest BCUT2D eigenvalue weighted by Crippen LogP contribution is 2.39. The minimum absolute atomic E-state index is 0.343. The fourth-order valence-corrected chi connectivity index (χ4v) is 2.67. The van der Waals surface area contributed by atoms with Crippen molar-refractivity contribution in [3.05, 3.63) is 41.3 Å². The molecular formula is C14H14ClN3O. The van der Waals surface area contributed by atoms with Crippen LogP contribution in [-0.2, 0) is 6.42 Å². The molecule has 0 saturated carbocycles. The first-order valence-electron chi connectivity index (χ1n) is 6.21. The summed E-state index contributed by atoms with van der Waals surface area (Å²) >= 11 is 6.07. The van der Waals surface area contributed by atoms with Crippen LogP contribution in [0.3, 0.4) is 0 Å². The van der Waals surface area contributed by atoms with Gasteiger partial charge in [-0.1, -0.05) is 29.8 Å². The van der Waals surface area contributed by atoms with Crippen LogP contribution in [0, 0.1) is 0 Å². The van der Waals surface area contributed by atoms with Crippen molar-refractivity contribution in [1.82, 2.24) is 9.97 Å². The van der Waals surface area contributed by atoms with Crippen LogP contribution in [0.25, 0.3) is 0 Å². The molecule has 0 atom stereocenters. The van der Waals surface area contributed by atoms with Crippen LogP contribution in [-0.4, -0.2) is 23.6 Å². The standard InChI is InChI=1S/C14H14ClN3O/c1-19-12-13(15)16-9-17-14(12)18-8-4-6-10-5-2-3-7-11(10)18/h2-3,5,7,9H,4,6,8H2,1H3. The van der Waals surface area contributed by atoms with Gasteiger partial charge in [0, 0.05) is 12.2 Å². The zero-order valence-corrected chi connectivity index (χ0v) is 11.4. The Hall–Kier alpha value is -1.81. The van der Waals surface area contributed by atoms with Crippen molar-refractivity contribution in [2.45, 2.75) is 12.8 Å². The molecule has 1 aromatic carbocycles. The van der Waals surface area contributed by atoms with E-state index in [-0.39, 0.29) is 0 Å². The van der Waals surface area contributed by atoms with Gasteiger partial charge in [-0.15, -0.1) is 0 Å². The normalized spacial score (nSPS) is 14.1. The zero-order valence-electron chi connectivity index (χ0n) is 10.6. The molecule has 0 spiro atoms. The van der Waals surface area contributed by atoms with Crippen molar-refractivity contribution < 1.29 is 4.74 Å². The number of halogens is 1. The summed E-state index contributed by atoms with van der Waals surface area (Å²) in [5.41, 5.74) is 2.49. The molecular weight excluding hydrogens is 262 g/mol. The van der Waals surface area contributed by atoms with Crippen molar-refractivity contribution in [2.24, 2.45) is 0 Å². The Balaban J connectivity index is 2.12. The van der Waals surface area contributed by atoms with Crippen molar-refractivity contribution in [3.8, 4) is 5.75 Å². The van der Waals surface area contributed by atoms with Gasteiger partial charge in [0.2, 0.25) is 0 Å². The van der Waals surface area contributed by atoms with Crippen LogP contribution in [0.5, 0.6) is 5.75 Å². The average molecular weight is 276 g/mol. The number of hydrogen-bond acceptors (Lipinski definition) is 4. The van der Waals surface area contributed by atoms with Gasteiger partial charge in [-0.25, -0.2) is 9.97 Å². The Morgan fingerprint density at radius 2 is 2.11 bits per heavy atom. The minimum atomic E-state index is 0.343. The lowest BCUT2D eigenvalue weighted by molar-refractivity contribution is 0.411. The Morgan fingerprint density at radius 3 is 2.95 bits per heavy atom. The largest absolute Gasteiger partial charge is 0.490 e. The second-order valence-electron chi connectivity index (χ2n) is 4.41. The molecule has 0 bridgehead atoms. The molecule has 19 heavy (non-hydrogen) atoms. The molecule has 0 N–H and O–H groups in total. The molecule has 4 nitrogen and oxygen atoms in total. The number of fused-ring (bicyclic) bond motifs is 1. The summed E-state index contributed by atoms with van der Waals surface area (Å²) < 4.78 is 5.35. The van der Waals surface area contributed by atoms with Crippen molar-refractivity contribution in [2.75, 3.05) is 18.6 Å². The second-order valence-corrected chi connectivity index (χ2v) is 4.76. The van der Waals surface area contributed by atoms with Gasteiger partial charge in [0.25, 0.3) is 0 Å². The van der Waals surface area contributed by atoms with E-state index < -0.39 is 0 Å². The fraction of sp³-hybridized carbons (Fsp3) is 0.286. The molecule has 1 aliphatic heterocycles. The lowest BCUT2D eigenvalue weighted by Crippen LogP contribution is -2.25. The Bertz CT molecular complexity index is 603. The molecule has 2 aromatic rings. The van der Waals surface area contributed by atoms with Gasteiger partial charge in [0.05, 0.1) is 7.11 Å². The molecule has 1 aliphatic rings. The van der Waals surface area contributed by atoms with E-state index in [2.05, 4.69) is 33.1 Å². The van der Waals surface area contributed by atoms with Crippen LogP contribution in [0.15, 0.2) is 30.6 Å². The summed E-state index contributed by atoms with van der Waals surface area (Å²) in [6.45, 7) is 0.903. The average Bonchev–Trinajstić information content (AvgIpc) is 2.46. The lowest BCUT2D eigenvalue weighted by Gasteiger charge is -2.31. The topological polar surface area (TPSA) is 38.3 Å². The summed E-state index contributed by atoms with van der Waals surface area (Å²) in [5.74, 6) is 1.26. The lowest BCUT2D eigenvalue weighted by atomic mass is 10.0. The first-order chi connectivity index (χ1) is 9.31. The maximum Gasteiger partial charge on any atom is 0.199 e. The van der Waals surface area contributed by atoms with Gasteiger partial charge in [0.15, 0.2) is 16.7 Å². The van der Waals surface area contributed by atoms with Gasteiger partial charge in [0.1, 0.15) is 6.33 Å². The number of nitrogens with zero attached hydrogens (tertiary/aromatic N) is 3. The highest BCUT2D eigenvalue weighted by atomic mass is 35.5. The quantitative estimate of drug-likeness (QED) is 0.789. The smallest absolute Gasteiger partial charge is 0.199 e. The maximum atomic E-state index is 6.07. The monoisotopic (exact) mass is 275 g/mol. The summed E-state index contributed by atoms with van der Waals surface area (Å²) in [7, 11) is 1.59. The number of aromatic nitrogens is 2. The molecule has 0 saturated heterocycles. The molecule has 2 heterocycles. The number of hydrogen-bond donors (Lipinski definition) is 0. The van der Waals surface area contributed by atoms with Crippen LogP contribution in [0.2, 0.25) is 5.15 Å². The zero-order chi connectivity index (χ0) is 13.2. The van der Waals surface area contributed by atoms with E-state index >= 15 is 0 Å². The van der Waals surface area contributed by atoms with Gasteiger partial charge < -0.3 is 9.64 Å². The molecule has 98 valence electrons. The number of methoxy groups -OCH3 is 1. The highest BCUT2D eigenvalue weighted by Gasteiger charge is 2.23. The predicted molar refractivity (Wildman–Crippen MR) is 75.4 cm³/mol. The Kier molecular flexibility index (Phi) is 3.25. The van der Waals surface area contributed by atoms with E-state index in [1.807, 2.05) is 6.07 Å². The maximum absolute atomic E-state index is 6.07. The van der Waals surface area contributed by atoms with E-state index in [1.165, 1.54) is 17.6 Å². The van der Waals surface area contributed by atoms with E-state index in [0.29, 0.717) is 10.9 Å². The molecule has 0 unspecified atom stereocenters. The van der Waals surface area contributed by atoms with Crippen LogP contribution < -0.4 is 9.64 Å². The Labute approximate surface area is 117 Å². The third kappa shape index (κ3) is 2.12. The van der Waals surface area contributed by atoms with Gasteiger partial charge in [-0.3, -0.25) is 0 Å². The first-order valence-corrected chi connectivity index (χ1v) is 6.59. The molecule has 0 amide bonds. The number of ether oxygens (including phenoxy) is 1. The van der Waals surface area contributed by atoms with Crippen molar-refractivity contribution in [3.63, 3.8) is 0 Å². The second kappa shape index (κ2) is 5.05. The molecule has 0 fully saturated rings. The van der Waals surface area contributed by atoms with E-state index in [4.69, 9.17) is 16.3 Å². The van der Waals surface area contributed by atoms with Gasteiger partial charge in [-0.05, 0) is 24.5 Å². The number of para-hydroxylation sites is 1. The first kappa shape index (κ1) is 12.2. The number of anilines is 2. The van der Waals surface area contributed by atoms with Gasteiger partial charge in [-0.2, -0.15) is 0 Å². The SMILES string of the molecule is COc1c(Cl)ncnc1N1CCCc2ccccc21. The van der Waals surface area contributed by atoms with E-state index in [1.54, 1.807) is 7.11 Å². The molecule has 0 radical (unpaired) electrons. The fourth-order valence-electron chi connectivity index (χ4n) is 2.47. The minimum Gasteiger partial charge on any atom is -0.490 e. The Morgan fingerprint density at radius 1 is 1.26 bits per heavy atom. The van der Waals surface area contributed by atoms with Crippen LogP contribution in [0.1, 0.15) is 12.0 Å². The summed E-state index contributed by atoms with van der Waals surface area (Å²) in [6, 6.07) is 8.35. The van der Waals surface area contributed by atoms with Crippen LogP contribution in [0.4, 0.5) is 11.5 Å². The summed E-state index contributed by atoms with van der Waals surface area (Å²) in [4.78, 5) is 10.4. The third-order valence-corrected chi connectivity index (χ3v) is 3.58.